The number of fused-ring (bicyclic) bond motifs is 1. The maximum Gasteiger partial charge on any atom is 0.232 e. The summed E-state index contributed by atoms with van der Waals surface area (Å²) in [4.78, 5) is 15.5. The van der Waals surface area contributed by atoms with Crippen molar-refractivity contribution in [2.24, 2.45) is 0 Å². The summed E-state index contributed by atoms with van der Waals surface area (Å²) in [5.74, 6) is 0.594. The molecule has 1 aromatic carbocycles. The van der Waals surface area contributed by atoms with Crippen LogP contribution in [0.1, 0.15) is 18.5 Å². The van der Waals surface area contributed by atoms with Gasteiger partial charge >= 0.3 is 0 Å². The molecule has 4 heterocycles. The summed E-state index contributed by atoms with van der Waals surface area (Å²) in [7, 11) is 0. The van der Waals surface area contributed by atoms with Crippen molar-refractivity contribution in [1.29, 1.82) is 0 Å². The fraction of sp³-hybridized carbons (Fsp3) is 0.381. The number of rotatable bonds is 4. The molecule has 0 radical (unpaired) electrons. The molecule has 0 amide bonds. The first kappa shape index (κ1) is 16.6. The van der Waals surface area contributed by atoms with Gasteiger partial charge in [0.2, 0.25) is 5.88 Å². The van der Waals surface area contributed by atoms with E-state index in [0.29, 0.717) is 5.88 Å². The molecule has 1 atom stereocenters. The molecule has 27 heavy (non-hydrogen) atoms. The molecule has 3 aromatic rings. The molecule has 5 rings (SSSR count). The van der Waals surface area contributed by atoms with Crippen LogP contribution in [0.4, 0.5) is 0 Å². The van der Waals surface area contributed by atoms with Gasteiger partial charge in [-0.15, -0.1) is 0 Å². The van der Waals surface area contributed by atoms with E-state index in [1.807, 2.05) is 12.1 Å². The van der Waals surface area contributed by atoms with Gasteiger partial charge in [0, 0.05) is 50.3 Å². The quantitative estimate of drug-likeness (QED) is 0.711. The molecule has 0 bridgehead atoms. The second-order valence-corrected chi connectivity index (χ2v) is 7.45. The molecule has 1 spiro atoms. The van der Waals surface area contributed by atoms with Gasteiger partial charge in [-0.2, -0.15) is 0 Å². The predicted octanol–water partition coefficient (Wildman–Crippen LogP) is 2.84. The number of aromatic nitrogens is 3. The highest BCUT2D eigenvalue weighted by molar-refractivity contribution is 5.78. The Balaban J connectivity index is 1.20. The summed E-state index contributed by atoms with van der Waals surface area (Å²) in [6, 6.07) is 12.5. The van der Waals surface area contributed by atoms with E-state index >= 15 is 0 Å². The van der Waals surface area contributed by atoms with Crippen molar-refractivity contribution in [3.05, 3.63) is 60.7 Å². The van der Waals surface area contributed by atoms with Crippen LogP contribution in [-0.2, 0) is 11.3 Å². The number of pyridine rings is 1. The van der Waals surface area contributed by atoms with Crippen molar-refractivity contribution in [3.63, 3.8) is 0 Å². The molecule has 2 fully saturated rings. The molecule has 2 aliphatic rings. The zero-order chi connectivity index (χ0) is 18.1. The second kappa shape index (κ2) is 6.87. The highest BCUT2D eigenvalue weighted by atomic mass is 16.5. The molecular formula is C21H22N4O2. The minimum atomic E-state index is -0.0953. The number of hydrogen-bond donors (Lipinski definition) is 0. The third kappa shape index (κ3) is 3.50. The van der Waals surface area contributed by atoms with E-state index in [1.165, 1.54) is 5.39 Å². The average molecular weight is 362 g/mol. The van der Waals surface area contributed by atoms with Gasteiger partial charge in [-0.1, -0.05) is 24.3 Å². The molecular weight excluding hydrogens is 340 g/mol. The Kier molecular flexibility index (Phi) is 4.22. The Morgan fingerprint density at radius 3 is 2.96 bits per heavy atom. The number of likely N-dealkylation sites (tertiary alicyclic amines) is 1. The Hall–Kier alpha value is -2.57. The van der Waals surface area contributed by atoms with Crippen LogP contribution < -0.4 is 4.74 Å². The lowest BCUT2D eigenvalue weighted by atomic mass is 9.84. The van der Waals surface area contributed by atoms with Crippen molar-refractivity contribution < 1.29 is 9.47 Å². The van der Waals surface area contributed by atoms with Gasteiger partial charge in [-0.05, 0) is 12.1 Å². The number of nitrogens with zero attached hydrogens (tertiary/aromatic N) is 4. The monoisotopic (exact) mass is 362 g/mol. The highest BCUT2D eigenvalue weighted by Gasteiger charge is 2.48. The van der Waals surface area contributed by atoms with Crippen LogP contribution in [0.15, 0.2) is 55.0 Å². The summed E-state index contributed by atoms with van der Waals surface area (Å²) >= 11 is 0. The largest absolute Gasteiger partial charge is 0.473 e. The fourth-order valence-corrected chi connectivity index (χ4v) is 4.13. The molecule has 2 aromatic heterocycles. The van der Waals surface area contributed by atoms with Crippen molar-refractivity contribution >= 4 is 10.9 Å². The predicted molar refractivity (Wildman–Crippen MR) is 101 cm³/mol. The Morgan fingerprint density at radius 2 is 2.07 bits per heavy atom. The van der Waals surface area contributed by atoms with Gasteiger partial charge in [-0.3, -0.25) is 14.9 Å². The lowest BCUT2D eigenvalue weighted by molar-refractivity contribution is -0.188. The van der Waals surface area contributed by atoms with Crippen LogP contribution >= 0.6 is 0 Å². The molecule has 1 unspecified atom stereocenters. The molecule has 0 saturated carbocycles. The van der Waals surface area contributed by atoms with Crippen LogP contribution in [0.2, 0.25) is 0 Å². The van der Waals surface area contributed by atoms with Gasteiger partial charge in [0.1, 0.15) is 6.10 Å². The Labute approximate surface area is 158 Å². The van der Waals surface area contributed by atoms with Crippen LogP contribution in [0.3, 0.4) is 0 Å². The molecule has 138 valence electrons. The van der Waals surface area contributed by atoms with E-state index in [4.69, 9.17) is 14.5 Å². The van der Waals surface area contributed by atoms with E-state index in [2.05, 4.69) is 39.1 Å². The third-order valence-electron chi connectivity index (χ3n) is 5.34. The van der Waals surface area contributed by atoms with E-state index < -0.39 is 0 Å². The highest BCUT2D eigenvalue weighted by Crippen LogP contribution is 2.36. The summed E-state index contributed by atoms with van der Waals surface area (Å²) in [5, 5.41) is 1.18. The average Bonchev–Trinajstić information content (AvgIpc) is 2.68. The van der Waals surface area contributed by atoms with Crippen molar-refractivity contribution in [1.82, 2.24) is 19.9 Å². The Bertz CT molecular complexity index is 928. The number of hydrogen-bond acceptors (Lipinski definition) is 6. The molecule has 0 aliphatic carbocycles. The van der Waals surface area contributed by atoms with Crippen LogP contribution in [0.5, 0.6) is 5.88 Å². The van der Waals surface area contributed by atoms with Gasteiger partial charge < -0.3 is 9.47 Å². The summed E-state index contributed by atoms with van der Waals surface area (Å²) in [6.07, 6.45) is 6.90. The fourth-order valence-electron chi connectivity index (χ4n) is 4.13. The minimum absolute atomic E-state index is 0.0953. The minimum Gasteiger partial charge on any atom is -0.473 e. The normalized spacial score (nSPS) is 21.9. The first-order chi connectivity index (χ1) is 13.3. The van der Waals surface area contributed by atoms with Crippen LogP contribution in [0, 0.1) is 0 Å². The topological polar surface area (TPSA) is 60.4 Å². The summed E-state index contributed by atoms with van der Waals surface area (Å²) in [6.45, 7) is 3.42. The van der Waals surface area contributed by atoms with E-state index in [0.717, 1.165) is 50.3 Å². The second-order valence-electron chi connectivity index (χ2n) is 7.45. The van der Waals surface area contributed by atoms with Crippen LogP contribution in [-0.4, -0.2) is 51.3 Å². The summed E-state index contributed by atoms with van der Waals surface area (Å²) < 4.78 is 12.1. The lowest BCUT2D eigenvalue weighted by Crippen LogP contribution is -2.65. The van der Waals surface area contributed by atoms with Crippen molar-refractivity contribution in [2.75, 3.05) is 19.7 Å². The molecule has 6 heteroatoms. The van der Waals surface area contributed by atoms with E-state index in [9.17, 15) is 0 Å². The van der Waals surface area contributed by atoms with E-state index in [1.54, 1.807) is 18.6 Å². The molecule has 2 aliphatic heterocycles. The smallest absolute Gasteiger partial charge is 0.232 e. The SMILES string of the molecule is c1ccc2nc(CN3CC4(CC(Oc5cnccn5)CCO4)C3)ccc2c1. The zero-order valence-electron chi connectivity index (χ0n) is 15.1. The maximum absolute atomic E-state index is 6.13. The van der Waals surface area contributed by atoms with Gasteiger partial charge in [0.25, 0.3) is 0 Å². The number of para-hydroxylation sites is 1. The van der Waals surface area contributed by atoms with Crippen molar-refractivity contribution in [3.8, 4) is 5.88 Å². The maximum atomic E-state index is 6.13. The summed E-state index contributed by atoms with van der Waals surface area (Å²) in [5.41, 5.74) is 2.06. The van der Waals surface area contributed by atoms with Gasteiger partial charge in [0.15, 0.2) is 0 Å². The first-order valence-electron chi connectivity index (χ1n) is 9.42. The standard InChI is InChI=1S/C21H22N4O2/c1-2-4-19-16(3-1)5-6-17(24-19)13-25-14-21(15-25)11-18(7-10-26-21)27-20-12-22-8-9-23-20/h1-6,8-9,12,18H,7,10-11,13-15H2. The third-order valence-corrected chi connectivity index (χ3v) is 5.34. The van der Waals surface area contributed by atoms with Crippen molar-refractivity contribution in [2.45, 2.75) is 31.1 Å². The Morgan fingerprint density at radius 1 is 1.15 bits per heavy atom. The molecule has 0 N–H and O–H groups in total. The number of benzene rings is 1. The zero-order valence-corrected chi connectivity index (χ0v) is 15.1. The number of ether oxygens (including phenoxy) is 2. The molecule has 6 nitrogen and oxygen atoms in total. The first-order valence-corrected chi connectivity index (χ1v) is 9.42. The van der Waals surface area contributed by atoms with Gasteiger partial charge in [-0.25, -0.2) is 4.98 Å². The van der Waals surface area contributed by atoms with Gasteiger partial charge in [0.05, 0.1) is 29.6 Å². The molecule has 2 saturated heterocycles. The van der Waals surface area contributed by atoms with E-state index in [-0.39, 0.29) is 11.7 Å². The lowest BCUT2D eigenvalue weighted by Gasteiger charge is -2.52. The van der Waals surface area contributed by atoms with Crippen LogP contribution in [0.25, 0.3) is 10.9 Å².